The second-order valence-corrected chi connectivity index (χ2v) is 11.2. The maximum absolute atomic E-state index is 10.2. The van der Waals surface area contributed by atoms with Crippen molar-refractivity contribution in [2.24, 2.45) is 52.3 Å². The van der Waals surface area contributed by atoms with Crippen LogP contribution in [-0.4, -0.2) is 11.2 Å². The van der Waals surface area contributed by atoms with Crippen molar-refractivity contribution in [3.8, 4) is 0 Å². The van der Waals surface area contributed by atoms with Crippen molar-refractivity contribution < 1.29 is 5.11 Å². The third-order valence-corrected chi connectivity index (χ3v) is 10.9. The highest BCUT2D eigenvalue weighted by Crippen LogP contribution is 2.74. The van der Waals surface area contributed by atoms with E-state index < -0.39 is 0 Å². The topological polar surface area (TPSA) is 20.2 Å². The van der Waals surface area contributed by atoms with Gasteiger partial charge in [0.2, 0.25) is 0 Å². The fraction of sp³-hybridized carbons (Fsp3) is 1.00. The highest BCUT2D eigenvalue weighted by atomic mass is 16.3. The molecule has 0 radical (unpaired) electrons. The van der Waals surface area contributed by atoms with E-state index in [1.54, 1.807) is 38.5 Å². The maximum Gasteiger partial charge on any atom is 0.0543 e. The Morgan fingerprint density at radius 2 is 1.50 bits per heavy atom. The average Bonchev–Trinajstić information content (AvgIpc) is 3.26. The first kappa shape index (κ1) is 15.1. The second-order valence-electron chi connectivity index (χ2n) is 11.2. The lowest BCUT2D eigenvalue weighted by molar-refractivity contribution is -0.137. The number of aliphatic hydroxyl groups is 1. The van der Waals surface area contributed by atoms with Gasteiger partial charge in [-0.05, 0) is 129 Å². The van der Waals surface area contributed by atoms with Crippen LogP contribution in [0.15, 0.2) is 0 Å². The molecule has 1 nitrogen and oxygen atoms in total. The molecule has 0 aromatic carbocycles. The molecule has 1 N–H and O–H groups in total. The lowest BCUT2D eigenvalue weighted by atomic mass is 9.43. The normalized spacial score (nSPS) is 64.2. The van der Waals surface area contributed by atoms with E-state index in [2.05, 4.69) is 6.92 Å². The smallest absolute Gasteiger partial charge is 0.0543 e. The minimum atomic E-state index is 0.00978. The summed E-state index contributed by atoms with van der Waals surface area (Å²) in [7, 11) is 0. The third-order valence-electron chi connectivity index (χ3n) is 10.9. The molecule has 1 heteroatoms. The van der Waals surface area contributed by atoms with E-state index in [0.29, 0.717) is 5.41 Å². The van der Waals surface area contributed by atoms with Gasteiger partial charge < -0.3 is 5.11 Å². The van der Waals surface area contributed by atoms with E-state index in [9.17, 15) is 5.11 Å². The third kappa shape index (κ3) is 1.76. The largest absolute Gasteiger partial charge is 0.393 e. The Hall–Kier alpha value is -0.0400. The Morgan fingerprint density at radius 1 is 0.708 bits per heavy atom. The average molecular weight is 329 g/mol. The first-order valence-corrected chi connectivity index (χ1v) is 11.3. The summed E-state index contributed by atoms with van der Waals surface area (Å²) in [5.41, 5.74) is 1.37. The molecule has 0 aromatic heterocycles. The standard InChI is InChI=1S/C23H36O/c1-22-9-7-16(24)13-15(22)2-3-17-19(22)8-11-23-10-6-14-12-18(14)21(23)5-4-20(17)23/h14-21,24H,2-13H2,1H3/t14-,15+,16-,17?,18+,19?,20?,21-,22+,23+/m1/s1. The fourth-order valence-electron chi connectivity index (χ4n) is 9.77. The van der Waals surface area contributed by atoms with Gasteiger partial charge in [0, 0.05) is 0 Å². The summed E-state index contributed by atoms with van der Waals surface area (Å²) < 4.78 is 0. The molecule has 0 aromatic rings. The number of hydrogen-bond acceptors (Lipinski definition) is 1. The molecule has 3 unspecified atom stereocenters. The van der Waals surface area contributed by atoms with Gasteiger partial charge in [0.05, 0.1) is 6.10 Å². The minimum absolute atomic E-state index is 0.00978. The van der Waals surface area contributed by atoms with Gasteiger partial charge >= 0.3 is 0 Å². The van der Waals surface area contributed by atoms with Crippen LogP contribution >= 0.6 is 0 Å². The predicted molar refractivity (Wildman–Crippen MR) is 96.4 cm³/mol. The molecule has 0 heterocycles. The zero-order chi connectivity index (χ0) is 16.1. The van der Waals surface area contributed by atoms with Crippen LogP contribution in [-0.2, 0) is 0 Å². The fourth-order valence-corrected chi connectivity index (χ4v) is 9.77. The van der Waals surface area contributed by atoms with E-state index in [1.807, 2.05) is 0 Å². The second kappa shape index (κ2) is 4.81. The minimum Gasteiger partial charge on any atom is -0.393 e. The first-order chi connectivity index (χ1) is 11.6. The van der Waals surface area contributed by atoms with Gasteiger partial charge in [0.25, 0.3) is 0 Å². The van der Waals surface area contributed by atoms with Crippen LogP contribution < -0.4 is 0 Å². The monoisotopic (exact) mass is 328 g/mol. The molecule has 0 aliphatic heterocycles. The summed E-state index contributed by atoms with van der Waals surface area (Å²) in [6, 6.07) is 0. The van der Waals surface area contributed by atoms with Gasteiger partial charge in [-0.3, -0.25) is 0 Å². The number of rotatable bonds is 0. The van der Waals surface area contributed by atoms with Gasteiger partial charge in [-0.25, -0.2) is 0 Å². The van der Waals surface area contributed by atoms with Gasteiger partial charge in [-0.15, -0.1) is 0 Å². The summed E-state index contributed by atoms with van der Waals surface area (Å²) in [5.74, 6) is 7.43. The zero-order valence-electron chi connectivity index (χ0n) is 15.6. The molecule has 6 aliphatic carbocycles. The quantitative estimate of drug-likeness (QED) is 0.630. The molecule has 0 saturated heterocycles. The van der Waals surface area contributed by atoms with E-state index in [0.717, 1.165) is 59.7 Å². The Balaban J connectivity index is 1.32. The molecule has 0 bridgehead atoms. The Morgan fingerprint density at radius 3 is 2.38 bits per heavy atom. The zero-order valence-corrected chi connectivity index (χ0v) is 15.6. The molecule has 6 saturated carbocycles. The maximum atomic E-state index is 10.2. The van der Waals surface area contributed by atoms with Crippen LogP contribution in [0.1, 0.15) is 84.0 Å². The molecule has 134 valence electrons. The molecule has 6 aliphatic rings. The van der Waals surface area contributed by atoms with Crippen molar-refractivity contribution in [2.45, 2.75) is 90.1 Å². The summed E-state index contributed by atoms with van der Waals surface area (Å²) in [4.78, 5) is 0. The van der Waals surface area contributed by atoms with Crippen molar-refractivity contribution in [3.63, 3.8) is 0 Å². The van der Waals surface area contributed by atoms with Gasteiger partial charge in [0.15, 0.2) is 0 Å². The van der Waals surface area contributed by atoms with Gasteiger partial charge in [-0.2, -0.15) is 0 Å². The summed E-state index contributed by atoms with van der Waals surface area (Å²) in [6.07, 6.45) is 17.5. The number of hydrogen-bond donors (Lipinski definition) is 1. The van der Waals surface area contributed by atoms with E-state index in [-0.39, 0.29) is 6.10 Å². The van der Waals surface area contributed by atoms with Crippen LogP contribution in [0, 0.1) is 52.3 Å². The van der Waals surface area contributed by atoms with Crippen molar-refractivity contribution >= 4 is 0 Å². The Kier molecular flexibility index (Phi) is 3.02. The highest BCUT2D eigenvalue weighted by Gasteiger charge is 2.66. The molecular formula is C23H36O. The van der Waals surface area contributed by atoms with E-state index >= 15 is 0 Å². The van der Waals surface area contributed by atoms with Crippen molar-refractivity contribution in [2.75, 3.05) is 0 Å². The van der Waals surface area contributed by atoms with Crippen LogP contribution in [0.4, 0.5) is 0 Å². The lowest BCUT2D eigenvalue weighted by Crippen LogP contribution is -2.55. The van der Waals surface area contributed by atoms with Crippen molar-refractivity contribution in [3.05, 3.63) is 0 Å². The van der Waals surface area contributed by atoms with Gasteiger partial charge in [-0.1, -0.05) is 6.92 Å². The number of aliphatic hydroxyl groups excluding tert-OH is 1. The van der Waals surface area contributed by atoms with E-state index in [1.165, 1.54) is 25.7 Å². The predicted octanol–water partition coefficient (Wildman–Crippen LogP) is 5.42. The Bertz CT molecular complexity index is 542. The lowest BCUT2D eigenvalue weighted by Gasteiger charge is -2.62. The molecule has 6 fully saturated rings. The van der Waals surface area contributed by atoms with Crippen LogP contribution in [0.25, 0.3) is 0 Å². The molecule has 10 atom stereocenters. The molecule has 1 spiro atoms. The molecule has 6 rings (SSSR count). The molecule has 0 amide bonds. The highest BCUT2D eigenvalue weighted by molar-refractivity contribution is 5.15. The van der Waals surface area contributed by atoms with E-state index in [4.69, 9.17) is 0 Å². The molecule has 24 heavy (non-hydrogen) atoms. The summed E-state index contributed by atoms with van der Waals surface area (Å²) in [5, 5.41) is 10.2. The Labute approximate surface area is 148 Å². The van der Waals surface area contributed by atoms with Crippen LogP contribution in [0.3, 0.4) is 0 Å². The summed E-state index contributed by atoms with van der Waals surface area (Å²) in [6.45, 7) is 2.64. The van der Waals surface area contributed by atoms with Crippen molar-refractivity contribution in [1.82, 2.24) is 0 Å². The SMILES string of the molecule is C[C@]12CC[C@@H](O)C[C@@H]1CCC1C3CC[C@@H]4[C@H]5C[C@H]5CC[C@]34CCC12. The van der Waals surface area contributed by atoms with Crippen molar-refractivity contribution in [1.29, 1.82) is 0 Å². The van der Waals surface area contributed by atoms with Gasteiger partial charge in [0.1, 0.15) is 0 Å². The molecular weight excluding hydrogens is 292 g/mol. The number of fused-ring (bicyclic) bond motifs is 6. The summed E-state index contributed by atoms with van der Waals surface area (Å²) >= 11 is 0. The first-order valence-electron chi connectivity index (χ1n) is 11.3. The van der Waals surface area contributed by atoms with Crippen LogP contribution in [0.5, 0.6) is 0 Å². The van der Waals surface area contributed by atoms with Crippen LogP contribution in [0.2, 0.25) is 0 Å².